The third-order valence-electron chi connectivity index (χ3n) is 4.19. The first kappa shape index (κ1) is 16.7. The van der Waals surface area contributed by atoms with Crippen LogP contribution in [0.2, 0.25) is 0 Å². The van der Waals surface area contributed by atoms with Crippen molar-refractivity contribution >= 4 is 21.5 Å². The van der Waals surface area contributed by atoms with Crippen molar-refractivity contribution in [1.82, 2.24) is 4.98 Å². The van der Waals surface area contributed by atoms with Crippen LogP contribution in [0, 0.1) is 0 Å². The van der Waals surface area contributed by atoms with Crippen LogP contribution in [0.25, 0.3) is 0 Å². The van der Waals surface area contributed by atoms with Crippen molar-refractivity contribution in [2.24, 2.45) is 5.14 Å². The molecule has 0 unspecified atom stereocenters. The van der Waals surface area contributed by atoms with Gasteiger partial charge in [0.25, 0.3) is 0 Å². The van der Waals surface area contributed by atoms with Crippen LogP contribution in [0.15, 0.2) is 47.5 Å². The average Bonchev–Trinajstić information content (AvgIpc) is 2.61. The van der Waals surface area contributed by atoms with Gasteiger partial charge >= 0.3 is 0 Å². The number of rotatable bonds is 5. The van der Waals surface area contributed by atoms with Gasteiger partial charge in [-0.05, 0) is 49.1 Å². The Kier molecular flexibility index (Phi) is 5.01. The van der Waals surface area contributed by atoms with Gasteiger partial charge in [-0.25, -0.2) is 18.5 Å². The van der Waals surface area contributed by atoms with Crippen LogP contribution in [0.1, 0.15) is 24.8 Å². The van der Waals surface area contributed by atoms with E-state index in [0.29, 0.717) is 6.54 Å². The smallest absolute Gasteiger partial charge is 0.241 e. The maximum absolute atomic E-state index is 11.6. The number of nitrogens with two attached hydrogens (primary N) is 1. The summed E-state index contributed by atoms with van der Waals surface area (Å²) in [4.78, 5) is 6.48. The summed E-state index contributed by atoms with van der Waals surface area (Å²) in [5.74, 6) is 0.278. The second kappa shape index (κ2) is 7.19. The molecule has 128 valence electrons. The van der Waals surface area contributed by atoms with Gasteiger partial charge in [-0.3, -0.25) is 0 Å². The fraction of sp³-hybridized carbons (Fsp3) is 0.353. The Morgan fingerprint density at radius 3 is 2.46 bits per heavy atom. The zero-order valence-corrected chi connectivity index (χ0v) is 14.3. The first-order valence-electron chi connectivity index (χ1n) is 8.09. The summed E-state index contributed by atoms with van der Waals surface area (Å²) in [5, 5.41) is 8.27. The largest absolute Gasteiger partial charge is 0.372 e. The van der Waals surface area contributed by atoms with Crippen molar-refractivity contribution in [2.45, 2.75) is 30.7 Å². The zero-order chi connectivity index (χ0) is 17.0. The second-order valence-corrected chi connectivity index (χ2v) is 7.49. The predicted molar refractivity (Wildman–Crippen MR) is 95.4 cm³/mol. The highest BCUT2D eigenvalue weighted by Crippen LogP contribution is 2.21. The number of benzene rings is 1. The minimum absolute atomic E-state index is 0.00920. The third-order valence-corrected chi connectivity index (χ3v) is 5.14. The molecule has 0 saturated carbocycles. The summed E-state index contributed by atoms with van der Waals surface area (Å²) < 4.78 is 23.2. The van der Waals surface area contributed by atoms with Gasteiger partial charge in [0.1, 0.15) is 10.7 Å². The number of nitrogens with zero attached hydrogens (tertiary/aromatic N) is 2. The molecule has 1 aliphatic heterocycles. The minimum Gasteiger partial charge on any atom is -0.372 e. The third kappa shape index (κ3) is 4.04. The summed E-state index contributed by atoms with van der Waals surface area (Å²) in [7, 11) is -3.79. The van der Waals surface area contributed by atoms with Crippen molar-refractivity contribution in [1.29, 1.82) is 0 Å². The molecule has 0 amide bonds. The van der Waals surface area contributed by atoms with Crippen LogP contribution >= 0.6 is 0 Å². The van der Waals surface area contributed by atoms with Crippen molar-refractivity contribution in [3.8, 4) is 0 Å². The maximum Gasteiger partial charge on any atom is 0.241 e. The number of hydrogen-bond donors (Lipinski definition) is 2. The lowest BCUT2D eigenvalue weighted by atomic mass is 10.1. The molecule has 24 heavy (non-hydrogen) atoms. The molecule has 1 aliphatic rings. The molecule has 1 fully saturated rings. The van der Waals surface area contributed by atoms with Crippen LogP contribution in [0.5, 0.6) is 0 Å². The first-order chi connectivity index (χ1) is 11.5. The summed E-state index contributed by atoms with van der Waals surface area (Å²) >= 11 is 0. The van der Waals surface area contributed by atoms with Crippen LogP contribution in [0.4, 0.5) is 11.5 Å². The molecule has 0 atom stereocenters. The van der Waals surface area contributed by atoms with E-state index in [-0.39, 0.29) is 10.7 Å². The minimum atomic E-state index is -3.79. The Morgan fingerprint density at radius 2 is 1.79 bits per heavy atom. The number of aromatic nitrogens is 1. The maximum atomic E-state index is 11.6. The molecule has 1 saturated heterocycles. The summed E-state index contributed by atoms with van der Waals surface area (Å²) in [6, 6.07) is 11.3. The number of nitrogens with one attached hydrogen (secondary N) is 1. The zero-order valence-electron chi connectivity index (χ0n) is 13.5. The number of sulfonamides is 1. The van der Waals surface area contributed by atoms with E-state index in [4.69, 9.17) is 5.14 Å². The van der Waals surface area contributed by atoms with Crippen LogP contribution in [0.3, 0.4) is 0 Å². The second-order valence-electron chi connectivity index (χ2n) is 5.96. The lowest BCUT2D eigenvalue weighted by Gasteiger charge is -2.28. The Morgan fingerprint density at radius 1 is 1.08 bits per heavy atom. The lowest BCUT2D eigenvalue weighted by molar-refractivity contribution is 0.578. The Bertz CT molecular complexity index is 784. The van der Waals surface area contributed by atoms with Crippen molar-refractivity contribution in [2.75, 3.05) is 23.3 Å². The highest BCUT2D eigenvalue weighted by atomic mass is 32.2. The molecule has 3 N–H and O–H groups in total. The van der Waals surface area contributed by atoms with Gasteiger partial charge in [0.2, 0.25) is 10.0 Å². The van der Waals surface area contributed by atoms with Gasteiger partial charge in [0.05, 0.1) is 0 Å². The molecule has 7 heteroatoms. The van der Waals surface area contributed by atoms with E-state index in [0.717, 1.165) is 18.7 Å². The van der Waals surface area contributed by atoms with Crippen LogP contribution in [-0.4, -0.2) is 26.5 Å². The van der Waals surface area contributed by atoms with Gasteiger partial charge in [-0.2, -0.15) is 0 Å². The molecular formula is C17H22N4O2S. The van der Waals surface area contributed by atoms with Gasteiger partial charge < -0.3 is 10.2 Å². The predicted octanol–water partition coefficient (Wildman–Crippen LogP) is 2.33. The molecule has 6 nitrogen and oxygen atoms in total. The highest BCUT2D eigenvalue weighted by Gasteiger charge is 2.14. The topological polar surface area (TPSA) is 88.3 Å². The van der Waals surface area contributed by atoms with E-state index >= 15 is 0 Å². The summed E-state index contributed by atoms with van der Waals surface area (Å²) in [5.41, 5.74) is 2.29. The number of hydrogen-bond acceptors (Lipinski definition) is 5. The van der Waals surface area contributed by atoms with Gasteiger partial charge in [0, 0.05) is 31.5 Å². The van der Waals surface area contributed by atoms with Gasteiger partial charge in [-0.15, -0.1) is 0 Å². The van der Waals surface area contributed by atoms with Crippen molar-refractivity contribution < 1.29 is 8.42 Å². The summed E-state index contributed by atoms with van der Waals surface area (Å²) in [6.45, 7) is 2.71. The van der Waals surface area contributed by atoms with E-state index in [1.54, 1.807) is 6.07 Å². The molecule has 3 rings (SSSR count). The molecule has 0 bridgehead atoms. The molecule has 1 aromatic heterocycles. The number of primary sulfonamides is 1. The fourth-order valence-corrected chi connectivity index (χ4v) is 3.58. The monoisotopic (exact) mass is 346 g/mol. The molecule has 0 aliphatic carbocycles. The quantitative estimate of drug-likeness (QED) is 0.867. The van der Waals surface area contributed by atoms with Crippen molar-refractivity contribution in [3.05, 3.63) is 48.2 Å². The van der Waals surface area contributed by atoms with Gasteiger partial charge in [-0.1, -0.05) is 12.1 Å². The van der Waals surface area contributed by atoms with E-state index in [9.17, 15) is 8.42 Å². The normalized spacial score (nSPS) is 15.3. The Balaban J connectivity index is 1.67. The molecule has 2 aromatic rings. The molecule has 0 radical (unpaired) electrons. The van der Waals surface area contributed by atoms with E-state index < -0.39 is 10.0 Å². The van der Waals surface area contributed by atoms with Crippen molar-refractivity contribution in [3.63, 3.8) is 0 Å². The SMILES string of the molecule is NS(=O)(=O)c1cccnc1NCc1ccc(N2CCCCC2)cc1. The molecular weight excluding hydrogens is 324 g/mol. The van der Waals surface area contributed by atoms with Crippen LogP contribution in [-0.2, 0) is 16.6 Å². The highest BCUT2D eigenvalue weighted by molar-refractivity contribution is 7.89. The summed E-state index contributed by atoms with van der Waals surface area (Å²) in [6.07, 6.45) is 5.35. The Hall–Kier alpha value is -2.12. The molecule has 1 aromatic carbocycles. The fourth-order valence-electron chi connectivity index (χ4n) is 2.92. The standard InChI is InChI=1S/C17H22N4O2S/c18-24(22,23)16-5-4-10-19-17(16)20-13-14-6-8-15(9-7-14)21-11-2-1-3-12-21/h4-10H,1-3,11-13H2,(H,19,20)(H2,18,22,23). The number of piperidine rings is 1. The molecule has 2 heterocycles. The first-order valence-corrected chi connectivity index (χ1v) is 9.64. The van der Waals surface area contributed by atoms with Crippen LogP contribution < -0.4 is 15.4 Å². The Labute approximate surface area is 142 Å². The van der Waals surface area contributed by atoms with Gasteiger partial charge in [0.15, 0.2) is 0 Å². The average molecular weight is 346 g/mol. The van der Waals surface area contributed by atoms with E-state index in [2.05, 4.69) is 39.5 Å². The number of pyridine rings is 1. The number of anilines is 2. The molecule has 0 spiro atoms. The van der Waals surface area contributed by atoms with E-state index in [1.165, 1.54) is 37.2 Å². The van der Waals surface area contributed by atoms with E-state index in [1.807, 2.05) is 0 Å². The lowest BCUT2D eigenvalue weighted by Crippen LogP contribution is -2.29.